The quantitative estimate of drug-likeness (QED) is 0.541. The van der Waals surface area contributed by atoms with E-state index in [1.165, 1.54) is 22.7 Å². The molecule has 0 bridgehead atoms. The molecule has 1 fully saturated rings. The third kappa shape index (κ3) is 1.16. The Morgan fingerprint density at radius 2 is 1.90 bits per heavy atom. The van der Waals surface area contributed by atoms with Gasteiger partial charge in [-0.15, -0.1) is 0 Å². The summed E-state index contributed by atoms with van der Waals surface area (Å²) >= 11 is 0. The van der Waals surface area contributed by atoms with E-state index in [-0.39, 0.29) is 0 Å². The summed E-state index contributed by atoms with van der Waals surface area (Å²) in [7, 11) is -0.0340. The van der Waals surface area contributed by atoms with Gasteiger partial charge in [-0.1, -0.05) is 0 Å². The van der Waals surface area contributed by atoms with E-state index in [0.29, 0.717) is 13.1 Å². The molecule has 0 spiro atoms. The van der Waals surface area contributed by atoms with E-state index in [4.69, 9.17) is 0 Å². The maximum atomic E-state index is 11.1. The summed E-state index contributed by atoms with van der Waals surface area (Å²) < 4.78 is 24.9. The zero-order valence-electron chi connectivity index (χ0n) is 6.11. The third-order valence-electron chi connectivity index (χ3n) is 1.45. The van der Waals surface area contributed by atoms with Gasteiger partial charge in [0.15, 0.2) is 0 Å². The minimum Gasteiger partial charge on any atom is -0.195 e. The Morgan fingerprint density at radius 3 is 2.00 bits per heavy atom. The Balaban J connectivity index is 2.68. The van der Waals surface area contributed by atoms with Crippen LogP contribution in [-0.4, -0.2) is 44.2 Å². The summed E-state index contributed by atoms with van der Waals surface area (Å²) in [4.78, 5) is 0. The van der Waals surface area contributed by atoms with Crippen molar-refractivity contribution in [3.63, 3.8) is 0 Å². The van der Waals surface area contributed by atoms with E-state index in [9.17, 15) is 8.42 Å². The summed E-state index contributed by atoms with van der Waals surface area (Å²) in [5, 5.41) is 0. The molecule has 10 heavy (non-hydrogen) atoms. The van der Waals surface area contributed by atoms with Crippen LogP contribution >= 0.6 is 0 Å². The summed E-state index contributed by atoms with van der Waals surface area (Å²) in [6, 6.07) is 0. The van der Waals surface area contributed by atoms with E-state index in [1.54, 1.807) is 0 Å². The molecule has 0 saturated carbocycles. The van der Waals surface area contributed by atoms with Gasteiger partial charge in [0.05, 0.1) is 0 Å². The molecule has 0 aromatic carbocycles. The van der Waals surface area contributed by atoms with Gasteiger partial charge in [-0.2, -0.15) is 17.0 Å². The zero-order chi connectivity index (χ0) is 7.78. The largest absolute Gasteiger partial charge is 0.281 e. The summed E-state index contributed by atoms with van der Waals surface area (Å²) in [5.74, 6) is 0. The van der Waals surface area contributed by atoms with E-state index < -0.39 is 10.2 Å². The minimum atomic E-state index is -3.10. The fourth-order valence-electron chi connectivity index (χ4n) is 0.654. The zero-order valence-corrected chi connectivity index (χ0v) is 6.93. The van der Waals surface area contributed by atoms with E-state index in [1.807, 2.05) is 6.42 Å². The number of hydrogen-bond donors (Lipinski definition) is 0. The molecule has 0 aliphatic carbocycles. The molecule has 1 aliphatic heterocycles. The smallest absolute Gasteiger partial charge is 0.195 e. The molecule has 0 aromatic heterocycles. The lowest BCUT2D eigenvalue weighted by Gasteiger charge is -2.31. The maximum Gasteiger partial charge on any atom is 0.281 e. The van der Waals surface area contributed by atoms with Gasteiger partial charge >= 0.3 is 0 Å². The highest BCUT2D eigenvalue weighted by atomic mass is 32.2. The molecule has 1 aliphatic rings. The molecule has 0 aromatic rings. The molecule has 5 heteroatoms. The van der Waals surface area contributed by atoms with Gasteiger partial charge < -0.3 is 0 Å². The summed E-state index contributed by atoms with van der Waals surface area (Å²) in [6.07, 6.45) is 1.92. The second-order valence-electron chi connectivity index (χ2n) is 2.40. The van der Waals surface area contributed by atoms with Crippen molar-refractivity contribution in [1.82, 2.24) is 8.61 Å². The lowest BCUT2D eigenvalue weighted by Crippen LogP contribution is -2.48. The molecule has 1 saturated heterocycles. The summed E-state index contributed by atoms with van der Waals surface area (Å²) in [5.41, 5.74) is 0. The van der Waals surface area contributed by atoms with Gasteiger partial charge in [-0.25, -0.2) is 0 Å². The first-order chi connectivity index (χ1) is 4.55. The Hall–Kier alpha value is -0.130. The predicted octanol–water partition coefficient (Wildman–Crippen LogP) is -0.687. The van der Waals surface area contributed by atoms with Gasteiger partial charge in [0, 0.05) is 27.2 Å². The normalized spacial score (nSPS) is 21.1. The molecule has 0 atom stereocenters. The molecule has 0 amide bonds. The van der Waals surface area contributed by atoms with Gasteiger partial charge in [0.25, 0.3) is 10.2 Å². The van der Waals surface area contributed by atoms with Crippen LogP contribution in [0.3, 0.4) is 0 Å². The van der Waals surface area contributed by atoms with Crippen molar-refractivity contribution in [1.29, 1.82) is 0 Å². The Morgan fingerprint density at radius 1 is 1.40 bits per heavy atom. The standard InChI is InChI=1S/C5H11N2O2S/c1-6(2)10(8,9)7-4-3-5-7/h3H,4-5H2,1-2H3. The number of rotatable bonds is 2. The monoisotopic (exact) mass is 163 g/mol. The second-order valence-corrected chi connectivity index (χ2v) is 4.54. The van der Waals surface area contributed by atoms with E-state index in [2.05, 4.69) is 0 Å². The SMILES string of the molecule is CN(C)S(=O)(=O)N1C[CH]C1. The van der Waals surface area contributed by atoms with Crippen molar-refractivity contribution in [2.45, 2.75) is 0 Å². The van der Waals surface area contributed by atoms with Crippen LogP contribution in [-0.2, 0) is 10.2 Å². The molecule has 1 radical (unpaired) electrons. The predicted molar refractivity (Wildman–Crippen MR) is 38.5 cm³/mol. The van der Waals surface area contributed by atoms with Gasteiger partial charge in [-0.05, 0) is 6.42 Å². The van der Waals surface area contributed by atoms with Crippen molar-refractivity contribution in [3.8, 4) is 0 Å². The van der Waals surface area contributed by atoms with E-state index >= 15 is 0 Å². The Labute approximate surface area is 61.6 Å². The van der Waals surface area contributed by atoms with Crippen LogP contribution in [0.5, 0.6) is 0 Å². The van der Waals surface area contributed by atoms with Crippen LogP contribution < -0.4 is 0 Å². The van der Waals surface area contributed by atoms with Crippen molar-refractivity contribution in [3.05, 3.63) is 6.42 Å². The molecule has 1 rings (SSSR count). The van der Waals surface area contributed by atoms with Crippen LogP contribution in [0.25, 0.3) is 0 Å². The fraction of sp³-hybridized carbons (Fsp3) is 0.800. The van der Waals surface area contributed by atoms with Crippen molar-refractivity contribution >= 4 is 10.2 Å². The average molecular weight is 163 g/mol. The fourth-order valence-corrected chi connectivity index (χ4v) is 1.70. The first kappa shape index (κ1) is 7.97. The molecule has 59 valence electrons. The lowest BCUT2D eigenvalue weighted by atomic mass is 10.3. The highest BCUT2D eigenvalue weighted by molar-refractivity contribution is 7.86. The first-order valence-corrected chi connectivity index (χ1v) is 4.44. The Kier molecular flexibility index (Phi) is 1.98. The molecule has 1 heterocycles. The van der Waals surface area contributed by atoms with Crippen molar-refractivity contribution in [2.75, 3.05) is 27.2 Å². The van der Waals surface area contributed by atoms with Crippen LogP contribution in [0, 0.1) is 6.42 Å². The second kappa shape index (κ2) is 2.48. The maximum absolute atomic E-state index is 11.1. The molecule has 4 nitrogen and oxygen atoms in total. The summed E-state index contributed by atoms with van der Waals surface area (Å²) in [6.45, 7) is 1.11. The third-order valence-corrected chi connectivity index (χ3v) is 3.33. The van der Waals surface area contributed by atoms with Crippen LogP contribution in [0.15, 0.2) is 0 Å². The minimum absolute atomic E-state index is 0.556. The van der Waals surface area contributed by atoms with Crippen LogP contribution in [0.1, 0.15) is 0 Å². The topological polar surface area (TPSA) is 40.6 Å². The average Bonchev–Trinajstić information content (AvgIpc) is 1.57. The van der Waals surface area contributed by atoms with Crippen molar-refractivity contribution in [2.24, 2.45) is 0 Å². The lowest BCUT2D eigenvalue weighted by molar-refractivity contribution is 0.352. The van der Waals surface area contributed by atoms with E-state index in [0.717, 1.165) is 0 Å². The van der Waals surface area contributed by atoms with Gasteiger partial charge in [0.2, 0.25) is 0 Å². The highest BCUT2D eigenvalue weighted by Gasteiger charge is 2.29. The molecular weight excluding hydrogens is 152 g/mol. The molecule has 0 unspecified atom stereocenters. The number of hydrogen-bond acceptors (Lipinski definition) is 2. The van der Waals surface area contributed by atoms with Crippen LogP contribution in [0.4, 0.5) is 0 Å². The van der Waals surface area contributed by atoms with Gasteiger partial charge in [-0.3, -0.25) is 0 Å². The molecular formula is C5H11N2O2S. The number of nitrogens with zero attached hydrogens (tertiary/aromatic N) is 2. The van der Waals surface area contributed by atoms with Gasteiger partial charge in [0.1, 0.15) is 0 Å². The Bertz CT molecular complexity index is 206. The van der Waals surface area contributed by atoms with Crippen molar-refractivity contribution < 1.29 is 8.42 Å². The first-order valence-electron chi connectivity index (χ1n) is 3.04. The van der Waals surface area contributed by atoms with Crippen LogP contribution in [0.2, 0.25) is 0 Å². The highest BCUT2D eigenvalue weighted by Crippen LogP contribution is 2.12. The molecule has 0 N–H and O–H groups in total.